The summed E-state index contributed by atoms with van der Waals surface area (Å²) in [6.07, 6.45) is 0.988. The van der Waals surface area contributed by atoms with Crippen molar-refractivity contribution in [3.8, 4) is 0 Å². The van der Waals surface area contributed by atoms with Gasteiger partial charge in [0.1, 0.15) is 11.5 Å². The number of hydrogen-bond donors (Lipinski definition) is 0. The van der Waals surface area contributed by atoms with Gasteiger partial charge in [0.25, 0.3) is 0 Å². The Morgan fingerprint density at radius 1 is 1.58 bits per heavy atom. The third-order valence-corrected chi connectivity index (χ3v) is 1.39. The number of pyridine rings is 1. The zero-order valence-corrected chi connectivity index (χ0v) is 6.47. The van der Waals surface area contributed by atoms with Gasteiger partial charge in [0, 0.05) is 12.5 Å². The van der Waals surface area contributed by atoms with Crippen LogP contribution >= 0.6 is 0 Å². The highest BCUT2D eigenvalue weighted by Crippen LogP contribution is 2.07. The van der Waals surface area contributed by atoms with Crippen molar-refractivity contribution in [3.05, 3.63) is 29.6 Å². The molecule has 0 aliphatic heterocycles. The maximum absolute atomic E-state index is 12.8. The van der Waals surface area contributed by atoms with Crippen LogP contribution in [0.2, 0.25) is 0 Å². The molecule has 0 saturated heterocycles. The zero-order chi connectivity index (χ0) is 9.14. The molecule has 12 heavy (non-hydrogen) atoms. The summed E-state index contributed by atoms with van der Waals surface area (Å²) in [5.74, 6) is -2.10. The number of hydrogen-bond acceptors (Lipinski definition) is 2. The molecule has 0 aromatic carbocycles. The number of Topliss-reactive ketones (excluding diaryl/α,β-unsaturated/α-hetero) is 1. The second-order valence-corrected chi connectivity index (χ2v) is 2.26. The number of halogens is 2. The van der Waals surface area contributed by atoms with Crippen LogP contribution in [-0.4, -0.2) is 10.8 Å². The molecular weight excluding hydrogens is 164 g/mol. The van der Waals surface area contributed by atoms with Gasteiger partial charge in [-0.3, -0.25) is 4.79 Å². The summed E-state index contributed by atoms with van der Waals surface area (Å²) in [5, 5.41) is 0. The third-order valence-electron chi connectivity index (χ3n) is 1.39. The molecule has 0 fully saturated rings. The molecule has 0 atom stereocenters. The highest BCUT2D eigenvalue weighted by atomic mass is 19.1. The molecule has 0 amide bonds. The molecule has 0 spiro atoms. The lowest BCUT2D eigenvalue weighted by atomic mass is 10.2. The van der Waals surface area contributed by atoms with Crippen LogP contribution in [0.15, 0.2) is 12.3 Å². The molecule has 2 nitrogen and oxygen atoms in total. The monoisotopic (exact) mass is 171 g/mol. The van der Waals surface area contributed by atoms with Gasteiger partial charge < -0.3 is 0 Å². The first-order chi connectivity index (χ1) is 5.65. The number of nitrogens with zero attached hydrogens (tertiary/aromatic N) is 1. The van der Waals surface area contributed by atoms with Crippen LogP contribution in [0, 0.1) is 11.6 Å². The van der Waals surface area contributed by atoms with Gasteiger partial charge in [0.05, 0.1) is 6.20 Å². The molecule has 0 N–H and O–H groups in total. The Hall–Kier alpha value is -1.32. The Morgan fingerprint density at radius 3 is 2.75 bits per heavy atom. The number of aromatic nitrogens is 1. The van der Waals surface area contributed by atoms with Crippen LogP contribution in [-0.2, 0) is 0 Å². The summed E-state index contributed by atoms with van der Waals surface area (Å²) in [5.41, 5.74) is -0.293. The van der Waals surface area contributed by atoms with E-state index in [1.807, 2.05) is 0 Å². The zero-order valence-electron chi connectivity index (χ0n) is 6.47. The van der Waals surface area contributed by atoms with Crippen molar-refractivity contribution >= 4 is 5.78 Å². The lowest BCUT2D eigenvalue weighted by molar-refractivity contribution is 0.0979. The van der Waals surface area contributed by atoms with Crippen molar-refractivity contribution in [2.24, 2.45) is 0 Å². The van der Waals surface area contributed by atoms with Gasteiger partial charge in [-0.25, -0.2) is 13.8 Å². The Labute approximate surface area is 68.2 Å². The molecule has 0 radical (unpaired) electrons. The van der Waals surface area contributed by atoms with Gasteiger partial charge in [-0.05, 0) is 0 Å². The Balaban J connectivity index is 3.09. The largest absolute Gasteiger partial charge is 0.292 e. The number of carbonyl (C=O) groups excluding carboxylic acids is 1. The van der Waals surface area contributed by atoms with Crippen LogP contribution in [0.5, 0.6) is 0 Å². The first-order valence-corrected chi connectivity index (χ1v) is 3.49. The van der Waals surface area contributed by atoms with E-state index in [-0.39, 0.29) is 12.1 Å². The summed E-state index contributed by atoms with van der Waals surface area (Å²) in [6.45, 7) is 1.59. The van der Waals surface area contributed by atoms with E-state index in [2.05, 4.69) is 4.98 Å². The summed E-state index contributed by atoms with van der Waals surface area (Å²) in [4.78, 5) is 14.3. The summed E-state index contributed by atoms with van der Waals surface area (Å²) in [6, 6.07) is 0.649. The van der Waals surface area contributed by atoms with Crippen molar-refractivity contribution in [1.82, 2.24) is 4.98 Å². The summed E-state index contributed by atoms with van der Waals surface area (Å²) >= 11 is 0. The second kappa shape index (κ2) is 3.38. The Morgan fingerprint density at radius 2 is 2.25 bits per heavy atom. The fourth-order valence-electron chi connectivity index (χ4n) is 0.787. The van der Waals surface area contributed by atoms with E-state index in [0.29, 0.717) is 6.07 Å². The first-order valence-electron chi connectivity index (χ1n) is 3.49. The van der Waals surface area contributed by atoms with Gasteiger partial charge in [0.15, 0.2) is 11.6 Å². The molecule has 1 aromatic rings. The summed E-state index contributed by atoms with van der Waals surface area (Å²) < 4.78 is 25.1. The minimum atomic E-state index is -0.901. The lowest BCUT2D eigenvalue weighted by Gasteiger charge is -1.97. The molecule has 4 heteroatoms. The van der Waals surface area contributed by atoms with Crippen LogP contribution in [0.4, 0.5) is 8.78 Å². The van der Waals surface area contributed by atoms with Crippen molar-refractivity contribution in [1.29, 1.82) is 0 Å². The molecule has 64 valence electrons. The highest BCUT2D eigenvalue weighted by molar-refractivity contribution is 5.94. The quantitative estimate of drug-likeness (QED) is 0.636. The fourth-order valence-corrected chi connectivity index (χ4v) is 0.787. The first kappa shape index (κ1) is 8.77. The second-order valence-electron chi connectivity index (χ2n) is 2.26. The van der Waals surface area contributed by atoms with Crippen LogP contribution < -0.4 is 0 Å². The van der Waals surface area contributed by atoms with Crippen LogP contribution in [0.1, 0.15) is 23.8 Å². The number of rotatable bonds is 2. The van der Waals surface area contributed by atoms with Crippen molar-refractivity contribution < 1.29 is 13.6 Å². The molecular formula is C8H7F2NO. The van der Waals surface area contributed by atoms with E-state index < -0.39 is 17.4 Å². The van der Waals surface area contributed by atoms with Crippen molar-refractivity contribution in [2.75, 3.05) is 0 Å². The maximum Gasteiger partial charge on any atom is 0.183 e. The molecule has 1 rings (SSSR count). The van der Waals surface area contributed by atoms with Crippen LogP contribution in [0.25, 0.3) is 0 Å². The van der Waals surface area contributed by atoms with E-state index in [9.17, 15) is 13.6 Å². The molecule has 1 aromatic heterocycles. The Kier molecular flexibility index (Phi) is 2.47. The van der Waals surface area contributed by atoms with Gasteiger partial charge >= 0.3 is 0 Å². The third kappa shape index (κ3) is 1.64. The van der Waals surface area contributed by atoms with Gasteiger partial charge in [-0.1, -0.05) is 6.92 Å². The minimum Gasteiger partial charge on any atom is -0.292 e. The smallest absolute Gasteiger partial charge is 0.183 e. The fraction of sp³-hybridized carbons (Fsp3) is 0.250. The standard InChI is InChI=1S/C8H7F2NO/c1-2-7(12)8-6(10)3-5(9)4-11-8/h3-4H,2H2,1H3. The highest BCUT2D eigenvalue weighted by Gasteiger charge is 2.11. The van der Waals surface area contributed by atoms with E-state index in [0.717, 1.165) is 6.20 Å². The van der Waals surface area contributed by atoms with E-state index in [1.165, 1.54) is 0 Å². The SMILES string of the molecule is CCC(=O)c1ncc(F)cc1F. The van der Waals surface area contributed by atoms with E-state index in [4.69, 9.17) is 0 Å². The van der Waals surface area contributed by atoms with Crippen LogP contribution in [0.3, 0.4) is 0 Å². The Bertz CT molecular complexity index is 312. The van der Waals surface area contributed by atoms with Gasteiger partial charge in [-0.2, -0.15) is 0 Å². The summed E-state index contributed by atoms with van der Waals surface area (Å²) in [7, 11) is 0. The molecule has 0 aliphatic rings. The molecule has 0 aliphatic carbocycles. The molecule has 0 unspecified atom stereocenters. The predicted molar refractivity (Wildman–Crippen MR) is 38.8 cm³/mol. The molecule has 0 bridgehead atoms. The maximum atomic E-state index is 12.8. The number of ketones is 1. The normalized spacial score (nSPS) is 9.92. The van der Waals surface area contributed by atoms with E-state index >= 15 is 0 Å². The van der Waals surface area contributed by atoms with E-state index in [1.54, 1.807) is 6.92 Å². The topological polar surface area (TPSA) is 30.0 Å². The van der Waals surface area contributed by atoms with Gasteiger partial charge in [0.2, 0.25) is 0 Å². The molecule has 1 heterocycles. The average molecular weight is 171 g/mol. The predicted octanol–water partition coefficient (Wildman–Crippen LogP) is 1.95. The minimum absolute atomic E-state index is 0.162. The van der Waals surface area contributed by atoms with Gasteiger partial charge in [-0.15, -0.1) is 0 Å². The van der Waals surface area contributed by atoms with Crippen molar-refractivity contribution in [3.63, 3.8) is 0 Å². The average Bonchev–Trinajstić information content (AvgIpc) is 2.03. The lowest BCUT2D eigenvalue weighted by Crippen LogP contribution is -2.04. The number of carbonyl (C=O) groups is 1. The molecule has 0 saturated carbocycles. The van der Waals surface area contributed by atoms with Crippen molar-refractivity contribution in [2.45, 2.75) is 13.3 Å².